The van der Waals surface area contributed by atoms with Crippen molar-refractivity contribution in [2.75, 3.05) is 6.54 Å². The van der Waals surface area contributed by atoms with E-state index < -0.39 is 0 Å². The van der Waals surface area contributed by atoms with Crippen LogP contribution in [-0.4, -0.2) is 23.5 Å². The maximum Gasteiger partial charge on any atom is 0.263 e. The maximum atomic E-state index is 12.4. The first-order chi connectivity index (χ1) is 9.65. The summed E-state index contributed by atoms with van der Waals surface area (Å²) in [4.78, 5) is 17.7. The standard InChI is InChI=1S/C15H25N3OS.2ClH/c1-3-6-13-17-10(2)14(20-13)15(19)18-12-8-5-4-7-11(12)9-16;;/h11-12H,3-9,16H2,1-2H3,(H,18,19);2*1H. The number of nitrogens with one attached hydrogen (secondary N) is 1. The lowest BCUT2D eigenvalue weighted by atomic mass is 9.84. The number of nitrogens with zero attached hydrogens (tertiary/aromatic N) is 1. The van der Waals surface area contributed by atoms with Gasteiger partial charge in [0, 0.05) is 6.04 Å². The highest BCUT2D eigenvalue weighted by atomic mass is 35.5. The molecule has 1 saturated carbocycles. The second kappa shape index (κ2) is 10.4. The molecule has 1 aliphatic rings. The summed E-state index contributed by atoms with van der Waals surface area (Å²) in [5.74, 6) is 0.462. The Kier molecular flexibility index (Phi) is 10.3. The van der Waals surface area contributed by atoms with Crippen molar-refractivity contribution < 1.29 is 4.79 Å². The lowest BCUT2D eigenvalue weighted by Crippen LogP contribution is -2.44. The summed E-state index contributed by atoms with van der Waals surface area (Å²) in [6, 6.07) is 0.234. The van der Waals surface area contributed by atoms with Crippen LogP contribution in [0.15, 0.2) is 0 Å². The van der Waals surface area contributed by atoms with Gasteiger partial charge in [-0.25, -0.2) is 4.98 Å². The molecule has 22 heavy (non-hydrogen) atoms. The van der Waals surface area contributed by atoms with Crippen molar-refractivity contribution in [1.82, 2.24) is 10.3 Å². The van der Waals surface area contributed by atoms with Crippen molar-refractivity contribution in [3.05, 3.63) is 15.6 Å². The number of carbonyl (C=O) groups excluding carboxylic acids is 1. The number of nitrogens with two attached hydrogens (primary N) is 1. The fourth-order valence-corrected chi connectivity index (χ4v) is 3.97. The molecule has 0 aromatic carbocycles. The third kappa shape index (κ3) is 5.37. The molecular weight excluding hydrogens is 341 g/mol. The van der Waals surface area contributed by atoms with E-state index in [0.717, 1.165) is 41.3 Å². The van der Waals surface area contributed by atoms with E-state index in [1.165, 1.54) is 24.2 Å². The minimum Gasteiger partial charge on any atom is -0.348 e. The lowest BCUT2D eigenvalue weighted by Gasteiger charge is -2.31. The van der Waals surface area contributed by atoms with Gasteiger partial charge in [0.2, 0.25) is 0 Å². The van der Waals surface area contributed by atoms with Crippen LogP contribution in [0.2, 0.25) is 0 Å². The zero-order chi connectivity index (χ0) is 14.5. The molecule has 0 radical (unpaired) electrons. The molecule has 0 bridgehead atoms. The number of hydrogen-bond donors (Lipinski definition) is 2. The molecule has 3 N–H and O–H groups in total. The SMILES string of the molecule is CCCc1nc(C)c(C(=O)NC2CCCCC2CN)s1.Cl.Cl. The predicted molar refractivity (Wildman–Crippen MR) is 97.6 cm³/mol. The van der Waals surface area contributed by atoms with Gasteiger partial charge in [-0.15, -0.1) is 36.2 Å². The molecule has 4 nitrogen and oxygen atoms in total. The molecule has 0 spiro atoms. The lowest BCUT2D eigenvalue weighted by molar-refractivity contribution is 0.0911. The van der Waals surface area contributed by atoms with E-state index in [4.69, 9.17) is 5.73 Å². The fraction of sp³-hybridized carbons (Fsp3) is 0.733. The topological polar surface area (TPSA) is 68.0 Å². The molecule has 2 atom stereocenters. The molecule has 0 saturated heterocycles. The molecule has 1 aromatic rings. The van der Waals surface area contributed by atoms with Crippen molar-refractivity contribution in [2.45, 2.75) is 58.4 Å². The summed E-state index contributed by atoms with van der Waals surface area (Å²) < 4.78 is 0. The normalized spacial score (nSPS) is 20.7. The van der Waals surface area contributed by atoms with Gasteiger partial charge in [0.05, 0.1) is 10.7 Å². The summed E-state index contributed by atoms with van der Waals surface area (Å²) in [6.45, 7) is 4.71. The van der Waals surface area contributed by atoms with Gasteiger partial charge < -0.3 is 11.1 Å². The second-order valence-electron chi connectivity index (χ2n) is 5.63. The molecule has 1 aromatic heterocycles. The molecule has 2 unspecified atom stereocenters. The minimum atomic E-state index is 0. The van der Waals surface area contributed by atoms with E-state index in [-0.39, 0.29) is 36.8 Å². The van der Waals surface area contributed by atoms with Crippen LogP contribution >= 0.6 is 36.2 Å². The Bertz CT molecular complexity index is 468. The first kappa shape index (κ1) is 21.6. The number of halogens is 2. The monoisotopic (exact) mass is 367 g/mol. The molecule has 128 valence electrons. The van der Waals surface area contributed by atoms with Crippen LogP contribution < -0.4 is 11.1 Å². The molecule has 2 rings (SSSR count). The zero-order valence-electron chi connectivity index (χ0n) is 13.3. The van der Waals surface area contributed by atoms with Crippen LogP contribution in [0.4, 0.5) is 0 Å². The van der Waals surface area contributed by atoms with Crippen molar-refractivity contribution in [1.29, 1.82) is 0 Å². The third-order valence-electron chi connectivity index (χ3n) is 4.04. The summed E-state index contributed by atoms with van der Waals surface area (Å²) in [7, 11) is 0. The highest BCUT2D eigenvalue weighted by Gasteiger charge is 2.26. The number of thiazole rings is 1. The quantitative estimate of drug-likeness (QED) is 0.836. The summed E-state index contributed by atoms with van der Waals surface area (Å²) in [5, 5.41) is 4.25. The number of hydrogen-bond acceptors (Lipinski definition) is 4. The molecule has 1 heterocycles. The van der Waals surface area contributed by atoms with Gasteiger partial charge in [0.1, 0.15) is 4.88 Å². The Labute approximate surface area is 149 Å². The average Bonchev–Trinajstić information content (AvgIpc) is 2.81. The molecule has 1 aliphatic carbocycles. The van der Waals surface area contributed by atoms with Gasteiger partial charge in [-0.1, -0.05) is 19.8 Å². The van der Waals surface area contributed by atoms with E-state index in [1.54, 1.807) is 0 Å². The molecule has 7 heteroatoms. The molecule has 1 amide bonds. The average molecular weight is 368 g/mol. The number of amides is 1. The van der Waals surface area contributed by atoms with Crippen LogP contribution in [0.5, 0.6) is 0 Å². The van der Waals surface area contributed by atoms with Gasteiger partial charge in [-0.05, 0) is 45.1 Å². The van der Waals surface area contributed by atoms with E-state index in [0.29, 0.717) is 12.5 Å². The number of rotatable bonds is 5. The summed E-state index contributed by atoms with van der Waals surface area (Å²) >= 11 is 1.54. The Morgan fingerprint density at radius 3 is 2.68 bits per heavy atom. The molecular formula is C15H27Cl2N3OS. The number of aryl methyl sites for hydroxylation is 2. The Hall–Kier alpha value is -0.360. The van der Waals surface area contributed by atoms with Crippen molar-refractivity contribution in [3.8, 4) is 0 Å². The fourth-order valence-electron chi connectivity index (χ4n) is 2.90. The number of carbonyl (C=O) groups is 1. The highest BCUT2D eigenvalue weighted by molar-refractivity contribution is 7.13. The smallest absolute Gasteiger partial charge is 0.263 e. The first-order valence-electron chi connectivity index (χ1n) is 7.63. The largest absolute Gasteiger partial charge is 0.348 e. The van der Waals surface area contributed by atoms with Crippen molar-refractivity contribution in [2.24, 2.45) is 11.7 Å². The van der Waals surface area contributed by atoms with Crippen LogP contribution in [0, 0.1) is 12.8 Å². The second-order valence-corrected chi connectivity index (χ2v) is 6.72. The third-order valence-corrected chi connectivity index (χ3v) is 5.26. The molecule has 0 aliphatic heterocycles. The van der Waals surface area contributed by atoms with Crippen LogP contribution in [0.1, 0.15) is 59.4 Å². The zero-order valence-corrected chi connectivity index (χ0v) is 15.7. The van der Waals surface area contributed by atoms with Crippen LogP contribution in [0.25, 0.3) is 0 Å². The van der Waals surface area contributed by atoms with Crippen LogP contribution in [0.3, 0.4) is 0 Å². The van der Waals surface area contributed by atoms with Gasteiger partial charge in [0.15, 0.2) is 0 Å². The summed E-state index contributed by atoms with van der Waals surface area (Å²) in [5.41, 5.74) is 6.68. The Morgan fingerprint density at radius 1 is 1.36 bits per heavy atom. The predicted octanol–water partition coefficient (Wildman–Crippen LogP) is 3.49. The van der Waals surface area contributed by atoms with E-state index in [1.807, 2.05) is 6.92 Å². The van der Waals surface area contributed by atoms with Gasteiger partial charge in [0.25, 0.3) is 5.91 Å². The van der Waals surface area contributed by atoms with Crippen LogP contribution in [-0.2, 0) is 6.42 Å². The van der Waals surface area contributed by atoms with Crippen molar-refractivity contribution >= 4 is 42.1 Å². The van der Waals surface area contributed by atoms with E-state index >= 15 is 0 Å². The minimum absolute atomic E-state index is 0. The van der Waals surface area contributed by atoms with E-state index in [2.05, 4.69) is 17.2 Å². The molecule has 1 fully saturated rings. The first-order valence-corrected chi connectivity index (χ1v) is 8.44. The highest BCUT2D eigenvalue weighted by Crippen LogP contribution is 2.25. The van der Waals surface area contributed by atoms with Gasteiger partial charge >= 0.3 is 0 Å². The van der Waals surface area contributed by atoms with E-state index in [9.17, 15) is 4.79 Å². The summed E-state index contributed by atoms with van der Waals surface area (Å²) in [6.07, 6.45) is 6.61. The van der Waals surface area contributed by atoms with Crippen molar-refractivity contribution in [3.63, 3.8) is 0 Å². The maximum absolute atomic E-state index is 12.4. The Morgan fingerprint density at radius 2 is 2.05 bits per heavy atom. The van der Waals surface area contributed by atoms with Gasteiger partial charge in [-0.3, -0.25) is 4.79 Å². The Balaban J connectivity index is 0.00000220. The number of aromatic nitrogens is 1. The van der Waals surface area contributed by atoms with Gasteiger partial charge in [-0.2, -0.15) is 0 Å².